The lowest BCUT2D eigenvalue weighted by molar-refractivity contribution is 0.0529. The second-order valence-electron chi connectivity index (χ2n) is 6.87. The first-order chi connectivity index (χ1) is 11.3. The van der Waals surface area contributed by atoms with Crippen LogP contribution in [-0.4, -0.2) is 50.9 Å². The first kappa shape index (κ1) is 22.5. The van der Waals surface area contributed by atoms with Crippen LogP contribution in [0.25, 0.3) is 0 Å². The number of rotatable bonds is 7. The van der Waals surface area contributed by atoms with Crippen LogP contribution in [0.2, 0.25) is 0 Å². The number of likely N-dealkylation sites (tertiary alicyclic amines) is 1. The van der Waals surface area contributed by atoms with Gasteiger partial charge in [0, 0.05) is 31.7 Å². The van der Waals surface area contributed by atoms with Crippen LogP contribution in [0, 0.1) is 0 Å². The maximum atomic E-state index is 6.07. The van der Waals surface area contributed by atoms with Crippen molar-refractivity contribution in [1.82, 2.24) is 4.90 Å². The summed E-state index contributed by atoms with van der Waals surface area (Å²) in [6, 6.07) is 8.57. The summed E-state index contributed by atoms with van der Waals surface area (Å²) in [6.07, 6.45) is 5.84. The molecule has 1 aromatic carbocycles. The van der Waals surface area contributed by atoms with E-state index in [0.29, 0.717) is 6.54 Å². The Labute approximate surface area is 164 Å². The number of hydrogen-bond donors (Lipinski definition) is 1. The molecule has 0 amide bonds. The molecule has 0 aromatic heterocycles. The Morgan fingerprint density at radius 1 is 1.04 bits per heavy atom. The van der Waals surface area contributed by atoms with Gasteiger partial charge in [0.25, 0.3) is 0 Å². The lowest BCUT2D eigenvalue weighted by atomic mass is 9.74. The van der Waals surface area contributed by atoms with Gasteiger partial charge in [-0.1, -0.05) is 12.1 Å². The maximum Gasteiger partial charge on any atom is 0.119 e. The SMILES string of the molecule is Cl.Cl.NCC1(c2ccc(OCCCN3CCCC3)cc2)CCOCC1. The molecule has 144 valence electrons. The Balaban J connectivity index is 0.00000156. The third-order valence-electron chi connectivity index (χ3n) is 5.39. The molecule has 1 aromatic rings. The van der Waals surface area contributed by atoms with Crippen LogP contribution in [0.1, 0.15) is 37.7 Å². The van der Waals surface area contributed by atoms with Crippen LogP contribution >= 0.6 is 24.8 Å². The van der Waals surface area contributed by atoms with E-state index in [4.69, 9.17) is 15.2 Å². The van der Waals surface area contributed by atoms with Crippen molar-refractivity contribution in [3.63, 3.8) is 0 Å². The molecule has 2 saturated heterocycles. The van der Waals surface area contributed by atoms with Gasteiger partial charge in [0.15, 0.2) is 0 Å². The third kappa shape index (κ3) is 6.00. The zero-order chi connectivity index (χ0) is 16.0. The van der Waals surface area contributed by atoms with Gasteiger partial charge in [-0.25, -0.2) is 0 Å². The summed E-state index contributed by atoms with van der Waals surface area (Å²) in [5, 5.41) is 0. The summed E-state index contributed by atoms with van der Waals surface area (Å²) in [4.78, 5) is 2.53. The average molecular weight is 391 g/mol. The first-order valence-corrected chi connectivity index (χ1v) is 9.06. The number of hydrogen-bond acceptors (Lipinski definition) is 4. The normalized spacial score (nSPS) is 19.7. The fourth-order valence-electron chi connectivity index (χ4n) is 3.76. The van der Waals surface area contributed by atoms with Crippen molar-refractivity contribution in [2.45, 2.75) is 37.5 Å². The highest BCUT2D eigenvalue weighted by Crippen LogP contribution is 2.34. The maximum absolute atomic E-state index is 6.07. The average Bonchev–Trinajstić information content (AvgIpc) is 3.13. The van der Waals surface area contributed by atoms with Gasteiger partial charge in [0.1, 0.15) is 5.75 Å². The number of ether oxygens (including phenoxy) is 2. The highest BCUT2D eigenvalue weighted by atomic mass is 35.5. The molecule has 0 spiro atoms. The summed E-state index contributed by atoms with van der Waals surface area (Å²) >= 11 is 0. The van der Waals surface area contributed by atoms with Crippen molar-refractivity contribution in [3.05, 3.63) is 29.8 Å². The van der Waals surface area contributed by atoms with E-state index >= 15 is 0 Å². The minimum atomic E-state index is 0. The van der Waals surface area contributed by atoms with E-state index in [-0.39, 0.29) is 30.2 Å². The Bertz CT molecular complexity index is 473. The van der Waals surface area contributed by atoms with Gasteiger partial charge in [-0.15, -0.1) is 24.8 Å². The topological polar surface area (TPSA) is 47.7 Å². The predicted molar refractivity (Wildman–Crippen MR) is 108 cm³/mol. The van der Waals surface area contributed by atoms with E-state index in [2.05, 4.69) is 29.2 Å². The van der Waals surface area contributed by atoms with Crippen LogP contribution < -0.4 is 10.5 Å². The summed E-state index contributed by atoms with van der Waals surface area (Å²) in [7, 11) is 0. The zero-order valence-electron chi connectivity index (χ0n) is 15.0. The van der Waals surface area contributed by atoms with Gasteiger partial charge in [0.05, 0.1) is 6.61 Å². The summed E-state index contributed by atoms with van der Waals surface area (Å²) in [5.74, 6) is 0.967. The molecule has 2 N–H and O–H groups in total. The third-order valence-corrected chi connectivity index (χ3v) is 5.39. The highest BCUT2D eigenvalue weighted by molar-refractivity contribution is 5.85. The smallest absolute Gasteiger partial charge is 0.119 e. The van der Waals surface area contributed by atoms with Crippen LogP contribution in [-0.2, 0) is 10.2 Å². The fourth-order valence-corrected chi connectivity index (χ4v) is 3.76. The minimum Gasteiger partial charge on any atom is -0.494 e. The Kier molecular flexibility index (Phi) is 10.1. The molecule has 2 heterocycles. The van der Waals surface area contributed by atoms with E-state index in [9.17, 15) is 0 Å². The highest BCUT2D eigenvalue weighted by Gasteiger charge is 2.32. The second kappa shape index (κ2) is 11.2. The van der Waals surface area contributed by atoms with Crippen molar-refractivity contribution in [2.75, 3.05) is 46.0 Å². The molecule has 2 aliphatic heterocycles. The first-order valence-electron chi connectivity index (χ1n) is 9.06. The van der Waals surface area contributed by atoms with Gasteiger partial charge < -0.3 is 20.1 Å². The molecular formula is C19H32Cl2N2O2. The van der Waals surface area contributed by atoms with E-state index in [1.54, 1.807) is 0 Å². The summed E-state index contributed by atoms with van der Waals surface area (Å²) in [5.41, 5.74) is 7.49. The quantitative estimate of drug-likeness (QED) is 0.724. The number of benzene rings is 1. The van der Waals surface area contributed by atoms with Gasteiger partial charge in [-0.3, -0.25) is 0 Å². The lowest BCUT2D eigenvalue weighted by Crippen LogP contribution is -2.40. The van der Waals surface area contributed by atoms with E-state index in [1.165, 1.54) is 31.5 Å². The molecular weight excluding hydrogens is 359 g/mol. The fraction of sp³-hybridized carbons (Fsp3) is 0.684. The molecule has 2 aliphatic rings. The Morgan fingerprint density at radius 2 is 1.68 bits per heavy atom. The lowest BCUT2D eigenvalue weighted by Gasteiger charge is -2.36. The van der Waals surface area contributed by atoms with Crippen molar-refractivity contribution in [2.24, 2.45) is 5.73 Å². The monoisotopic (exact) mass is 390 g/mol. The Hall–Kier alpha value is -0.520. The van der Waals surface area contributed by atoms with Crippen LogP contribution in [0.4, 0.5) is 0 Å². The van der Waals surface area contributed by atoms with Gasteiger partial charge >= 0.3 is 0 Å². The van der Waals surface area contributed by atoms with Gasteiger partial charge in [-0.05, 0) is 62.9 Å². The van der Waals surface area contributed by atoms with Gasteiger partial charge in [0.2, 0.25) is 0 Å². The van der Waals surface area contributed by atoms with E-state index < -0.39 is 0 Å². The van der Waals surface area contributed by atoms with Crippen molar-refractivity contribution >= 4 is 24.8 Å². The van der Waals surface area contributed by atoms with Crippen molar-refractivity contribution < 1.29 is 9.47 Å². The largest absolute Gasteiger partial charge is 0.494 e. The summed E-state index contributed by atoms with van der Waals surface area (Å²) in [6.45, 7) is 6.80. The molecule has 6 heteroatoms. The zero-order valence-corrected chi connectivity index (χ0v) is 16.6. The molecule has 0 bridgehead atoms. The molecule has 0 unspecified atom stereocenters. The van der Waals surface area contributed by atoms with Crippen molar-refractivity contribution in [1.29, 1.82) is 0 Å². The molecule has 0 atom stereocenters. The molecule has 4 nitrogen and oxygen atoms in total. The summed E-state index contributed by atoms with van der Waals surface area (Å²) < 4.78 is 11.4. The van der Waals surface area contributed by atoms with Crippen LogP contribution in [0.3, 0.4) is 0 Å². The molecule has 0 radical (unpaired) electrons. The number of halogens is 2. The van der Waals surface area contributed by atoms with Crippen LogP contribution in [0.5, 0.6) is 5.75 Å². The molecule has 25 heavy (non-hydrogen) atoms. The van der Waals surface area contributed by atoms with E-state index in [1.807, 2.05) is 0 Å². The van der Waals surface area contributed by atoms with Gasteiger partial charge in [-0.2, -0.15) is 0 Å². The standard InChI is InChI=1S/C19H30N2O2.2ClH/c20-16-19(8-14-22-15-9-19)17-4-6-18(7-5-17)23-13-3-12-21-10-1-2-11-21;;/h4-7H,1-3,8-16,20H2;2*1H. The molecule has 0 saturated carbocycles. The van der Waals surface area contributed by atoms with Crippen LogP contribution in [0.15, 0.2) is 24.3 Å². The second-order valence-corrected chi connectivity index (χ2v) is 6.87. The molecule has 2 fully saturated rings. The molecule has 0 aliphatic carbocycles. The Morgan fingerprint density at radius 3 is 2.28 bits per heavy atom. The number of nitrogens with zero attached hydrogens (tertiary/aromatic N) is 1. The number of nitrogens with two attached hydrogens (primary N) is 1. The van der Waals surface area contributed by atoms with E-state index in [0.717, 1.165) is 51.4 Å². The van der Waals surface area contributed by atoms with Crippen molar-refractivity contribution in [3.8, 4) is 5.75 Å². The molecule has 3 rings (SSSR count). The minimum absolute atomic E-state index is 0. The predicted octanol–water partition coefficient (Wildman–Crippen LogP) is 3.40.